The van der Waals surface area contributed by atoms with Crippen molar-refractivity contribution in [2.45, 2.75) is 30.6 Å². The predicted octanol–water partition coefficient (Wildman–Crippen LogP) is 3.15. The molecular formula is C19H22FN3O3S. The van der Waals surface area contributed by atoms with Crippen LogP contribution in [0.1, 0.15) is 36.0 Å². The van der Waals surface area contributed by atoms with Crippen LogP contribution in [0.3, 0.4) is 0 Å². The monoisotopic (exact) mass is 391 g/mol. The summed E-state index contributed by atoms with van der Waals surface area (Å²) in [4.78, 5) is 12.4. The normalized spacial score (nSPS) is 15.7. The highest BCUT2D eigenvalue weighted by atomic mass is 32.2. The Labute approximate surface area is 158 Å². The van der Waals surface area contributed by atoms with Crippen molar-refractivity contribution in [3.8, 4) is 0 Å². The molecule has 2 aromatic carbocycles. The molecule has 27 heavy (non-hydrogen) atoms. The molecule has 2 aromatic rings. The summed E-state index contributed by atoms with van der Waals surface area (Å²) in [5.74, 6) is -0.856. The van der Waals surface area contributed by atoms with E-state index in [4.69, 9.17) is 0 Å². The largest absolute Gasteiger partial charge is 0.298 e. The molecule has 0 radical (unpaired) electrons. The number of rotatable bonds is 5. The number of benzene rings is 2. The highest BCUT2D eigenvalue weighted by Crippen LogP contribution is 2.21. The molecule has 3 rings (SSSR count). The predicted molar refractivity (Wildman–Crippen MR) is 101 cm³/mol. The van der Waals surface area contributed by atoms with Crippen LogP contribution < -0.4 is 10.9 Å². The van der Waals surface area contributed by atoms with E-state index < -0.39 is 15.9 Å². The van der Waals surface area contributed by atoms with Gasteiger partial charge in [-0.25, -0.2) is 12.8 Å². The van der Waals surface area contributed by atoms with E-state index in [1.54, 1.807) is 12.1 Å². The van der Waals surface area contributed by atoms with Crippen LogP contribution in [0.5, 0.6) is 0 Å². The Morgan fingerprint density at radius 2 is 1.63 bits per heavy atom. The van der Waals surface area contributed by atoms with Gasteiger partial charge < -0.3 is 0 Å². The van der Waals surface area contributed by atoms with Crippen molar-refractivity contribution in [2.75, 3.05) is 18.5 Å². The summed E-state index contributed by atoms with van der Waals surface area (Å²) in [7, 11) is -3.62. The Morgan fingerprint density at radius 3 is 2.30 bits per heavy atom. The maximum absolute atomic E-state index is 12.9. The van der Waals surface area contributed by atoms with E-state index in [0.717, 1.165) is 25.7 Å². The first-order valence-electron chi connectivity index (χ1n) is 8.89. The Kier molecular flexibility index (Phi) is 6.08. The highest BCUT2D eigenvalue weighted by molar-refractivity contribution is 7.89. The van der Waals surface area contributed by atoms with Crippen molar-refractivity contribution < 1.29 is 17.6 Å². The number of hydrazine groups is 1. The summed E-state index contributed by atoms with van der Waals surface area (Å²) < 4.78 is 40.1. The second kappa shape index (κ2) is 8.49. The van der Waals surface area contributed by atoms with Crippen LogP contribution in [0.25, 0.3) is 0 Å². The minimum absolute atomic E-state index is 0.110. The SMILES string of the molecule is O=C(NNc1ccc(F)cc1)c1cccc(S(=O)(=O)N2CCCCCC2)c1. The standard InChI is InChI=1S/C19H22FN3O3S/c20-16-8-10-17(11-9-16)21-22-19(24)15-6-5-7-18(14-15)27(25,26)23-12-3-1-2-4-13-23/h5-11,14,21H,1-4,12-13H2,(H,22,24). The van der Waals surface area contributed by atoms with Gasteiger partial charge in [-0.05, 0) is 55.3 Å². The molecule has 1 aliphatic rings. The summed E-state index contributed by atoms with van der Waals surface area (Å²) in [5, 5.41) is 0. The Hall–Kier alpha value is -2.45. The number of anilines is 1. The number of carbonyl (C=O) groups is 1. The minimum Gasteiger partial charge on any atom is -0.298 e. The fourth-order valence-corrected chi connectivity index (χ4v) is 4.53. The topological polar surface area (TPSA) is 78.5 Å². The molecule has 8 heteroatoms. The number of carbonyl (C=O) groups excluding carboxylic acids is 1. The lowest BCUT2D eigenvalue weighted by Gasteiger charge is -2.20. The van der Waals surface area contributed by atoms with Crippen LogP contribution in [0.15, 0.2) is 53.4 Å². The highest BCUT2D eigenvalue weighted by Gasteiger charge is 2.25. The number of hydrogen-bond acceptors (Lipinski definition) is 4. The van der Waals surface area contributed by atoms with Crippen LogP contribution >= 0.6 is 0 Å². The van der Waals surface area contributed by atoms with Gasteiger partial charge in [0.05, 0.1) is 10.6 Å². The Morgan fingerprint density at radius 1 is 0.963 bits per heavy atom. The molecule has 0 unspecified atom stereocenters. The van der Waals surface area contributed by atoms with E-state index in [0.29, 0.717) is 18.8 Å². The van der Waals surface area contributed by atoms with Crippen LogP contribution in [-0.2, 0) is 10.0 Å². The van der Waals surface area contributed by atoms with Crippen molar-refractivity contribution in [3.05, 3.63) is 59.9 Å². The average Bonchev–Trinajstić information content (AvgIpc) is 2.97. The second-order valence-corrected chi connectivity index (χ2v) is 8.37. The number of nitrogens with zero attached hydrogens (tertiary/aromatic N) is 1. The first kappa shape index (κ1) is 19.3. The maximum atomic E-state index is 12.9. The van der Waals surface area contributed by atoms with E-state index >= 15 is 0 Å². The van der Waals surface area contributed by atoms with Crippen LogP contribution in [0.2, 0.25) is 0 Å². The van der Waals surface area contributed by atoms with Crippen LogP contribution in [0.4, 0.5) is 10.1 Å². The van der Waals surface area contributed by atoms with Crippen LogP contribution in [-0.4, -0.2) is 31.7 Å². The number of hydrogen-bond donors (Lipinski definition) is 2. The molecule has 0 aromatic heterocycles. The fourth-order valence-electron chi connectivity index (χ4n) is 2.96. The molecule has 1 saturated heterocycles. The molecule has 0 aliphatic carbocycles. The quantitative estimate of drug-likeness (QED) is 0.768. The van der Waals surface area contributed by atoms with Crippen molar-refractivity contribution in [1.29, 1.82) is 0 Å². The van der Waals surface area contributed by atoms with Gasteiger partial charge in [-0.3, -0.25) is 15.6 Å². The molecule has 0 bridgehead atoms. The number of halogens is 1. The zero-order valence-electron chi connectivity index (χ0n) is 14.8. The fraction of sp³-hybridized carbons (Fsp3) is 0.316. The van der Waals surface area contributed by atoms with Crippen LogP contribution in [0, 0.1) is 5.82 Å². The molecule has 144 valence electrons. The Balaban J connectivity index is 1.72. The molecular weight excluding hydrogens is 369 g/mol. The number of amides is 1. The third kappa shape index (κ3) is 4.84. The number of nitrogens with one attached hydrogen (secondary N) is 2. The van der Waals surface area contributed by atoms with Gasteiger partial charge in [0.2, 0.25) is 10.0 Å². The zero-order chi connectivity index (χ0) is 19.3. The molecule has 6 nitrogen and oxygen atoms in total. The van der Waals surface area contributed by atoms with E-state index in [9.17, 15) is 17.6 Å². The smallest absolute Gasteiger partial charge is 0.269 e. The maximum Gasteiger partial charge on any atom is 0.269 e. The van der Waals surface area contributed by atoms with Crippen molar-refractivity contribution in [2.24, 2.45) is 0 Å². The Bertz CT molecular complexity index is 893. The number of sulfonamides is 1. The molecule has 1 fully saturated rings. The second-order valence-electron chi connectivity index (χ2n) is 6.43. The van der Waals surface area contributed by atoms with Gasteiger partial charge in [0, 0.05) is 18.7 Å². The first-order chi connectivity index (χ1) is 13.0. The average molecular weight is 391 g/mol. The molecule has 0 saturated carbocycles. The van der Waals surface area contributed by atoms with E-state index in [-0.39, 0.29) is 16.3 Å². The molecule has 1 heterocycles. The third-order valence-corrected chi connectivity index (χ3v) is 6.36. The summed E-state index contributed by atoms with van der Waals surface area (Å²) in [5.41, 5.74) is 5.89. The van der Waals surface area contributed by atoms with Crippen molar-refractivity contribution in [3.63, 3.8) is 0 Å². The molecule has 0 spiro atoms. The van der Waals surface area contributed by atoms with Gasteiger partial charge >= 0.3 is 0 Å². The van der Waals surface area contributed by atoms with Gasteiger partial charge in [0.15, 0.2) is 0 Å². The van der Waals surface area contributed by atoms with Gasteiger partial charge in [0.1, 0.15) is 5.82 Å². The summed E-state index contributed by atoms with van der Waals surface area (Å²) in [6, 6.07) is 11.5. The molecule has 1 aliphatic heterocycles. The third-order valence-electron chi connectivity index (χ3n) is 4.46. The van der Waals surface area contributed by atoms with Crippen molar-refractivity contribution in [1.82, 2.24) is 9.73 Å². The van der Waals surface area contributed by atoms with E-state index in [1.165, 1.54) is 40.7 Å². The lowest BCUT2D eigenvalue weighted by atomic mass is 10.2. The van der Waals surface area contributed by atoms with E-state index in [2.05, 4.69) is 10.9 Å². The van der Waals surface area contributed by atoms with Crippen molar-refractivity contribution >= 4 is 21.6 Å². The van der Waals surface area contributed by atoms with Gasteiger partial charge in [0.25, 0.3) is 5.91 Å². The van der Waals surface area contributed by atoms with Gasteiger partial charge in [-0.1, -0.05) is 18.9 Å². The molecule has 1 amide bonds. The summed E-state index contributed by atoms with van der Waals surface area (Å²) in [6.45, 7) is 1.01. The summed E-state index contributed by atoms with van der Waals surface area (Å²) >= 11 is 0. The zero-order valence-corrected chi connectivity index (χ0v) is 15.6. The van der Waals surface area contributed by atoms with E-state index in [1.807, 2.05) is 0 Å². The lowest BCUT2D eigenvalue weighted by Crippen LogP contribution is -2.32. The molecule has 2 N–H and O–H groups in total. The lowest BCUT2D eigenvalue weighted by molar-refractivity contribution is 0.0962. The van der Waals surface area contributed by atoms with Gasteiger partial charge in [-0.15, -0.1) is 0 Å². The first-order valence-corrected chi connectivity index (χ1v) is 10.3. The summed E-state index contributed by atoms with van der Waals surface area (Å²) in [6.07, 6.45) is 3.76. The minimum atomic E-state index is -3.62. The molecule has 0 atom stereocenters. The van der Waals surface area contributed by atoms with Gasteiger partial charge in [-0.2, -0.15) is 4.31 Å².